The minimum atomic E-state index is -1.30. The molecule has 6 N–H and O–H groups in total. The molecule has 1 heterocycles. The normalized spacial score (nSPS) is 16.4. The Labute approximate surface area is 334 Å². The lowest BCUT2D eigenvalue weighted by Gasteiger charge is -2.34. The number of phenolic OH excluding ortho intramolecular Hbond substituents is 1. The average Bonchev–Trinajstić information content (AvgIpc) is 3.20. The van der Waals surface area contributed by atoms with Crippen molar-refractivity contribution >= 4 is 46.2 Å². The number of hydrogen-bond acceptors (Lipinski definition) is 10. The Balaban J connectivity index is 1.01. The first-order chi connectivity index (χ1) is 27.9. The minimum absolute atomic E-state index is 0.0874. The molecule has 2 amide bonds. The van der Waals surface area contributed by atoms with E-state index in [1.807, 2.05) is 0 Å². The average molecular weight is 808 g/mol. The van der Waals surface area contributed by atoms with Crippen LogP contribution in [-0.2, 0) is 16.1 Å². The van der Waals surface area contributed by atoms with Gasteiger partial charge in [-0.25, -0.2) is 14.0 Å². The molecule has 0 aromatic heterocycles. The fourth-order valence-electron chi connectivity index (χ4n) is 6.70. The van der Waals surface area contributed by atoms with Crippen LogP contribution in [0.4, 0.5) is 14.9 Å². The monoisotopic (exact) mass is 807 g/mol. The van der Waals surface area contributed by atoms with Crippen LogP contribution in [0.25, 0.3) is 33.4 Å². The molecule has 3 aliphatic rings. The van der Waals surface area contributed by atoms with Gasteiger partial charge >= 0.3 is 12.1 Å². The maximum Gasteiger partial charge on any atom is 0.411 e. The SMILES string of the molecule is O=C(Nc1ccc(-c2c3ccc(=O)cc-3oc3cc(O)ccc23)c(C(=O)O)c1)OCCNC(=O)C1=C[C@H](Oc2ccccc2Cl)[C@@H](O)[C@H](NCc2ccc(F)cc2)C1. The van der Waals surface area contributed by atoms with Gasteiger partial charge in [0.1, 0.15) is 47.5 Å². The van der Waals surface area contributed by atoms with Crippen molar-refractivity contribution in [3.8, 4) is 33.9 Å². The highest BCUT2D eigenvalue weighted by Gasteiger charge is 2.35. The molecule has 7 rings (SSSR count). The maximum absolute atomic E-state index is 13.4. The lowest BCUT2D eigenvalue weighted by molar-refractivity contribution is -0.118. The first kappa shape index (κ1) is 39.5. The molecule has 1 aliphatic heterocycles. The van der Waals surface area contributed by atoms with E-state index in [-0.39, 0.29) is 71.3 Å². The van der Waals surface area contributed by atoms with Crippen molar-refractivity contribution in [1.82, 2.24) is 10.6 Å². The highest BCUT2D eigenvalue weighted by molar-refractivity contribution is 6.32. The van der Waals surface area contributed by atoms with Gasteiger partial charge in [0.15, 0.2) is 5.43 Å². The van der Waals surface area contributed by atoms with Crippen molar-refractivity contribution in [2.75, 3.05) is 18.5 Å². The summed E-state index contributed by atoms with van der Waals surface area (Å²) in [6.07, 6.45) is -1.33. The minimum Gasteiger partial charge on any atom is -0.508 e. The van der Waals surface area contributed by atoms with Crippen LogP contribution in [0.15, 0.2) is 124 Å². The van der Waals surface area contributed by atoms with Crippen molar-refractivity contribution in [1.29, 1.82) is 0 Å². The fourth-order valence-corrected chi connectivity index (χ4v) is 6.88. The Hall–Kier alpha value is -6.74. The Bertz CT molecular complexity index is 2580. The number of halogens is 2. The predicted molar refractivity (Wildman–Crippen MR) is 213 cm³/mol. The number of phenols is 1. The van der Waals surface area contributed by atoms with Crippen LogP contribution >= 0.6 is 11.6 Å². The highest BCUT2D eigenvalue weighted by atomic mass is 35.5. The van der Waals surface area contributed by atoms with Gasteiger partial charge in [-0.3, -0.25) is 14.9 Å². The number of carbonyl (C=O) groups is 3. The van der Waals surface area contributed by atoms with Crippen molar-refractivity contribution in [2.24, 2.45) is 0 Å². The molecule has 0 spiro atoms. The van der Waals surface area contributed by atoms with Crippen molar-refractivity contribution in [3.63, 3.8) is 0 Å². The molecule has 4 aromatic carbocycles. The Morgan fingerprint density at radius 2 is 1.71 bits per heavy atom. The molecule has 0 bridgehead atoms. The predicted octanol–water partition coefficient (Wildman–Crippen LogP) is 6.72. The van der Waals surface area contributed by atoms with Gasteiger partial charge in [-0.2, -0.15) is 0 Å². The third kappa shape index (κ3) is 8.94. The number of aromatic hydroxyl groups is 1. The van der Waals surface area contributed by atoms with E-state index in [9.17, 15) is 38.9 Å². The van der Waals surface area contributed by atoms with Crippen LogP contribution in [0.2, 0.25) is 5.02 Å². The van der Waals surface area contributed by atoms with Crippen LogP contribution in [0, 0.1) is 5.82 Å². The topological polar surface area (TPSA) is 197 Å². The number of amides is 2. The van der Waals surface area contributed by atoms with Crippen molar-refractivity contribution < 1.29 is 48.0 Å². The lowest BCUT2D eigenvalue weighted by atomic mass is 9.89. The molecule has 4 aromatic rings. The van der Waals surface area contributed by atoms with Crippen LogP contribution < -0.4 is 26.1 Å². The van der Waals surface area contributed by atoms with Gasteiger partial charge in [-0.15, -0.1) is 0 Å². The number of aliphatic hydroxyl groups is 1. The van der Waals surface area contributed by atoms with Crippen LogP contribution in [-0.4, -0.2) is 64.7 Å². The zero-order chi connectivity index (χ0) is 40.9. The number of fused-ring (bicyclic) bond motifs is 2. The fraction of sp³-hybridized carbons (Fsp3) is 0.163. The van der Waals surface area contributed by atoms with Gasteiger partial charge < -0.3 is 39.8 Å². The second-order valence-corrected chi connectivity index (χ2v) is 13.8. The molecule has 0 saturated carbocycles. The summed E-state index contributed by atoms with van der Waals surface area (Å²) in [7, 11) is 0. The number of aromatic carboxylic acids is 1. The second kappa shape index (κ2) is 17.2. The number of ether oxygens (including phenoxy) is 2. The Kier molecular flexibility index (Phi) is 11.7. The summed E-state index contributed by atoms with van der Waals surface area (Å²) in [5, 5.41) is 40.8. The van der Waals surface area contributed by atoms with Crippen LogP contribution in [0.1, 0.15) is 22.3 Å². The third-order valence-corrected chi connectivity index (χ3v) is 9.80. The van der Waals surface area contributed by atoms with Gasteiger partial charge in [-0.1, -0.05) is 41.9 Å². The summed E-state index contributed by atoms with van der Waals surface area (Å²) in [5.41, 5.74) is 2.06. The highest BCUT2D eigenvalue weighted by Crippen LogP contribution is 2.42. The van der Waals surface area contributed by atoms with E-state index in [1.54, 1.807) is 42.5 Å². The molecule has 15 heteroatoms. The molecular formula is C43H35ClFN3O10. The van der Waals surface area contributed by atoms with E-state index in [0.717, 1.165) is 5.56 Å². The van der Waals surface area contributed by atoms with Crippen LogP contribution in [0.5, 0.6) is 11.5 Å². The summed E-state index contributed by atoms with van der Waals surface area (Å²) >= 11 is 6.30. The van der Waals surface area contributed by atoms with E-state index in [4.69, 9.17) is 25.5 Å². The molecule has 0 unspecified atom stereocenters. The van der Waals surface area contributed by atoms with Gasteiger partial charge in [0.05, 0.1) is 17.1 Å². The van der Waals surface area contributed by atoms with E-state index in [1.165, 1.54) is 66.7 Å². The van der Waals surface area contributed by atoms with Gasteiger partial charge in [0, 0.05) is 52.5 Å². The number of rotatable bonds is 12. The molecule has 13 nitrogen and oxygen atoms in total. The zero-order valence-corrected chi connectivity index (χ0v) is 31.2. The van der Waals surface area contributed by atoms with Crippen LogP contribution in [0.3, 0.4) is 0 Å². The summed E-state index contributed by atoms with van der Waals surface area (Å²) < 4.78 is 30.6. The van der Waals surface area contributed by atoms with Gasteiger partial charge in [-0.05, 0) is 84.3 Å². The summed E-state index contributed by atoms with van der Waals surface area (Å²) in [6.45, 7) is -0.0570. The number of aliphatic hydroxyl groups excluding tert-OH is 1. The summed E-state index contributed by atoms with van der Waals surface area (Å²) in [6, 6.07) is 24.7. The Morgan fingerprint density at radius 1 is 0.931 bits per heavy atom. The molecule has 296 valence electrons. The van der Waals surface area contributed by atoms with E-state index in [2.05, 4.69) is 16.0 Å². The number of hydrogen-bond donors (Lipinski definition) is 6. The van der Waals surface area contributed by atoms with E-state index >= 15 is 0 Å². The molecule has 2 aliphatic carbocycles. The van der Waals surface area contributed by atoms with Gasteiger partial charge in [0.2, 0.25) is 5.91 Å². The molecule has 0 saturated heterocycles. The van der Waals surface area contributed by atoms with Crippen molar-refractivity contribution in [3.05, 3.63) is 147 Å². The summed E-state index contributed by atoms with van der Waals surface area (Å²) in [4.78, 5) is 50.8. The third-order valence-electron chi connectivity index (χ3n) is 9.49. The number of carboxylic acid groups (broad SMARTS) is 1. The van der Waals surface area contributed by atoms with Gasteiger partial charge in [0.25, 0.3) is 0 Å². The summed E-state index contributed by atoms with van der Waals surface area (Å²) in [5.74, 6) is -1.76. The standard InChI is InChI=1S/C43H35ClFN3O10/c44-33-3-1-2-4-35(33)57-38-18-24(17-34(40(38)51)47-22-23-5-7-25(45)8-6-23)41(52)46-15-16-56-43(55)48-26-9-12-29(32(19-26)42(53)54)39-30-13-10-27(49)20-36(30)58-37-21-28(50)11-14-31(37)39/h1-14,18-21,34,38,40,47,49,51H,15-17,22H2,(H,46,52)(H,48,55)(H,53,54)/t34-,38+,40+/m1/s1. The number of carboxylic acids is 1. The smallest absolute Gasteiger partial charge is 0.411 e. The molecule has 3 atom stereocenters. The number of para-hydroxylation sites is 1. The molecular weight excluding hydrogens is 773 g/mol. The molecule has 58 heavy (non-hydrogen) atoms. The molecule has 0 radical (unpaired) electrons. The zero-order valence-electron chi connectivity index (χ0n) is 30.4. The lowest BCUT2D eigenvalue weighted by Crippen LogP contribution is -2.51. The number of benzene rings is 5. The van der Waals surface area contributed by atoms with E-state index < -0.39 is 36.2 Å². The first-order valence-corrected chi connectivity index (χ1v) is 18.4. The number of anilines is 1. The van der Waals surface area contributed by atoms with Crippen molar-refractivity contribution in [2.45, 2.75) is 31.2 Å². The maximum atomic E-state index is 13.4. The first-order valence-electron chi connectivity index (χ1n) is 18.0. The Morgan fingerprint density at radius 3 is 2.48 bits per heavy atom. The largest absolute Gasteiger partial charge is 0.508 e. The quantitative estimate of drug-likeness (QED) is 0.0567. The van der Waals surface area contributed by atoms with E-state index in [0.29, 0.717) is 32.9 Å². The molecule has 0 fully saturated rings. The number of carbonyl (C=O) groups excluding carboxylic acids is 2. The number of nitrogens with one attached hydrogen (secondary N) is 3. The second-order valence-electron chi connectivity index (χ2n) is 13.4.